The SMILES string of the molecule is COC(=O)CC1(c2ccccc2)Nc2ccccc2-n2cccc21. The van der Waals surface area contributed by atoms with E-state index in [1.54, 1.807) is 0 Å². The molecule has 24 heavy (non-hydrogen) atoms. The molecule has 3 aromatic rings. The van der Waals surface area contributed by atoms with Crippen molar-refractivity contribution in [3.63, 3.8) is 0 Å². The number of anilines is 1. The Kier molecular flexibility index (Phi) is 3.38. The third-order valence-corrected chi connectivity index (χ3v) is 4.60. The normalized spacial score (nSPS) is 18.2. The summed E-state index contributed by atoms with van der Waals surface area (Å²) in [7, 11) is 1.43. The van der Waals surface area contributed by atoms with Gasteiger partial charge in [-0.05, 0) is 29.8 Å². The highest BCUT2D eigenvalue weighted by Crippen LogP contribution is 2.43. The first-order chi connectivity index (χ1) is 11.7. The first-order valence-electron chi connectivity index (χ1n) is 7.92. The van der Waals surface area contributed by atoms with E-state index < -0.39 is 5.54 Å². The molecular formula is C20H18N2O2. The van der Waals surface area contributed by atoms with Gasteiger partial charge in [-0.2, -0.15) is 0 Å². The third kappa shape index (κ3) is 2.11. The molecule has 4 nitrogen and oxygen atoms in total. The van der Waals surface area contributed by atoms with E-state index in [-0.39, 0.29) is 12.4 Å². The predicted octanol–water partition coefficient (Wildman–Crippen LogP) is 3.71. The van der Waals surface area contributed by atoms with E-state index in [2.05, 4.69) is 22.0 Å². The lowest BCUT2D eigenvalue weighted by molar-refractivity contribution is -0.141. The number of carbonyl (C=O) groups excluding carboxylic acids is 1. The highest BCUT2D eigenvalue weighted by atomic mass is 16.5. The number of esters is 1. The van der Waals surface area contributed by atoms with Crippen molar-refractivity contribution >= 4 is 11.7 Å². The first kappa shape index (κ1) is 14.6. The highest BCUT2D eigenvalue weighted by molar-refractivity contribution is 5.77. The zero-order valence-electron chi connectivity index (χ0n) is 13.4. The zero-order valence-corrected chi connectivity index (χ0v) is 13.4. The van der Waals surface area contributed by atoms with Gasteiger partial charge in [0, 0.05) is 6.20 Å². The van der Waals surface area contributed by atoms with E-state index in [9.17, 15) is 4.79 Å². The van der Waals surface area contributed by atoms with Gasteiger partial charge in [-0.1, -0.05) is 42.5 Å². The van der Waals surface area contributed by atoms with Crippen molar-refractivity contribution in [1.29, 1.82) is 0 Å². The summed E-state index contributed by atoms with van der Waals surface area (Å²) in [6.07, 6.45) is 2.25. The number of nitrogens with one attached hydrogen (secondary N) is 1. The molecule has 1 atom stereocenters. The van der Waals surface area contributed by atoms with Crippen LogP contribution in [0.15, 0.2) is 72.9 Å². The molecule has 0 spiro atoms. The van der Waals surface area contributed by atoms with E-state index in [1.165, 1.54) is 7.11 Å². The third-order valence-electron chi connectivity index (χ3n) is 4.60. The van der Waals surface area contributed by atoms with Gasteiger partial charge in [-0.3, -0.25) is 4.79 Å². The van der Waals surface area contributed by atoms with Crippen LogP contribution in [-0.4, -0.2) is 17.6 Å². The van der Waals surface area contributed by atoms with Crippen molar-refractivity contribution < 1.29 is 9.53 Å². The van der Waals surface area contributed by atoms with Gasteiger partial charge in [0.1, 0.15) is 5.54 Å². The number of nitrogens with zero attached hydrogens (tertiary/aromatic N) is 1. The number of benzene rings is 2. The van der Waals surface area contributed by atoms with Gasteiger partial charge in [0.05, 0.1) is 30.6 Å². The Labute approximate surface area is 140 Å². The van der Waals surface area contributed by atoms with Crippen LogP contribution in [0.25, 0.3) is 5.69 Å². The lowest BCUT2D eigenvalue weighted by atomic mass is 9.81. The number of methoxy groups -OCH3 is 1. The van der Waals surface area contributed by atoms with Crippen molar-refractivity contribution in [3.8, 4) is 5.69 Å². The van der Waals surface area contributed by atoms with E-state index in [0.717, 1.165) is 22.6 Å². The Morgan fingerprint density at radius 3 is 2.58 bits per heavy atom. The maximum atomic E-state index is 12.2. The molecule has 2 heterocycles. The van der Waals surface area contributed by atoms with Gasteiger partial charge >= 0.3 is 5.97 Å². The van der Waals surface area contributed by atoms with Crippen LogP contribution in [0.2, 0.25) is 0 Å². The second kappa shape index (κ2) is 5.57. The minimum Gasteiger partial charge on any atom is -0.469 e. The van der Waals surface area contributed by atoms with Crippen molar-refractivity contribution in [2.24, 2.45) is 0 Å². The Bertz CT molecular complexity index is 885. The van der Waals surface area contributed by atoms with Crippen molar-refractivity contribution in [3.05, 3.63) is 84.2 Å². The number of carbonyl (C=O) groups is 1. The molecule has 120 valence electrons. The molecule has 0 saturated heterocycles. The fourth-order valence-electron chi connectivity index (χ4n) is 3.49. The smallest absolute Gasteiger partial charge is 0.308 e. The molecule has 4 rings (SSSR count). The van der Waals surface area contributed by atoms with E-state index >= 15 is 0 Å². The van der Waals surface area contributed by atoms with Crippen LogP contribution in [0, 0.1) is 0 Å². The number of hydrogen-bond acceptors (Lipinski definition) is 3. The number of aromatic nitrogens is 1. The van der Waals surface area contributed by atoms with Crippen molar-refractivity contribution in [1.82, 2.24) is 4.57 Å². The summed E-state index contributed by atoms with van der Waals surface area (Å²) < 4.78 is 7.13. The lowest BCUT2D eigenvalue weighted by Crippen LogP contribution is -2.43. The van der Waals surface area contributed by atoms with Gasteiger partial charge in [0.25, 0.3) is 0 Å². The maximum Gasteiger partial charge on any atom is 0.308 e. The molecule has 2 aromatic carbocycles. The maximum absolute atomic E-state index is 12.2. The molecule has 0 bridgehead atoms. The van der Waals surface area contributed by atoms with Crippen molar-refractivity contribution in [2.75, 3.05) is 12.4 Å². The number of para-hydroxylation sites is 2. The topological polar surface area (TPSA) is 43.3 Å². The van der Waals surface area contributed by atoms with Crippen LogP contribution in [0.5, 0.6) is 0 Å². The summed E-state index contributed by atoms with van der Waals surface area (Å²) in [4.78, 5) is 12.2. The average molecular weight is 318 g/mol. The summed E-state index contributed by atoms with van der Waals surface area (Å²) in [6.45, 7) is 0. The van der Waals surface area contributed by atoms with Crippen LogP contribution in [0.1, 0.15) is 17.7 Å². The summed E-state index contributed by atoms with van der Waals surface area (Å²) >= 11 is 0. The molecule has 0 saturated carbocycles. The molecule has 1 unspecified atom stereocenters. The molecule has 0 amide bonds. The minimum atomic E-state index is -0.661. The van der Waals surface area contributed by atoms with Crippen LogP contribution in [-0.2, 0) is 15.1 Å². The molecule has 1 N–H and O–H groups in total. The van der Waals surface area contributed by atoms with E-state index in [0.29, 0.717) is 0 Å². The summed E-state index contributed by atoms with van der Waals surface area (Å²) in [5.41, 5.74) is 3.47. The fraction of sp³-hybridized carbons (Fsp3) is 0.150. The predicted molar refractivity (Wildman–Crippen MR) is 93.2 cm³/mol. The molecule has 0 radical (unpaired) electrons. The molecule has 0 fully saturated rings. The molecular weight excluding hydrogens is 300 g/mol. The van der Waals surface area contributed by atoms with Gasteiger partial charge in [0.2, 0.25) is 0 Å². The van der Waals surface area contributed by atoms with Crippen LogP contribution < -0.4 is 5.32 Å². The molecule has 1 aliphatic rings. The second-order valence-electron chi connectivity index (χ2n) is 5.93. The van der Waals surface area contributed by atoms with E-state index in [1.807, 2.05) is 60.8 Å². The van der Waals surface area contributed by atoms with Gasteiger partial charge in [0.15, 0.2) is 0 Å². The summed E-state index contributed by atoms with van der Waals surface area (Å²) in [5.74, 6) is -0.251. The molecule has 0 aliphatic carbocycles. The van der Waals surface area contributed by atoms with Crippen molar-refractivity contribution in [2.45, 2.75) is 12.0 Å². The average Bonchev–Trinajstić information content (AvgIpc) is 3.13. The Morgan fingerprint density at radius 2 is 1.79 bits per heavy atom. The number of hydrogen-bond donors (Lipinski definition) is 1. The van der Waals surface area contributed by atoms with Gasteiger partial charge in [-0.15, -0.1) is 0 Å². The fourth-order valence-corrected chi connectivity index (χ4v) is 3.49. The standard InChI is InChI=1S/C20H18N2O2/c1-24-19(23)14-20(15-8-3-2-4-9-15)18-12-7-13-22(18)17-11-6-5-10-16(17)21-20/h2-13,21H,14H2,1H3. The lowest BCUT2D eigenvalue weighted by Gasteiger charge is -2.40. The molecule has 1 aromatic heterocycles. The Balaban J connectivity index is 1.97. The quantitative estimate of drug-likeness (QED) is 0.749. The van der Waals surface area contributed by atoms with Crippen LogP contribution in [0.3, 0.4) is 0 Å². The summed E-state index contributed by atoms with van der Waals surface area (Å²) in [5, 5.41) is 3.61. The monoisotopic (exact) mass is 318 g/mol. The number of rotatable bonds is 3. The number of ether oxygens (including phenoxy) is 1. The molecule has 1 aliphatic heterocycles. The van der Waals surface area contributed by atoms with Crippen LogP contribution >= 0.6 is 0 Å². The van der Waals surface area contributed by atoms with Crippen LogP contribution in [0.4, 0.5) is 5.69 Å². The second-order valence-corrected chi connectivity index (χ2v) is 5.93. The van der Waals surface area contributed by atoms with Gasteiger partial charge in [-0.25, -0.2) is 0 Å². The van der Waals surface area contributed by atoms with E-state index in [4.69, 9.17) is 4.74 Å². The summed E-state index contributed by atoms with van der Waals surface area (Å²) in [6, 6.07) is 22.2. The minimum absolute atomic E-state index is 0.214. The Morgan fingerprint density at radius 1 is 1.04 bits per heavy atom. The van der Waals surface area contributed by atoms with Gasteiger partial charge < -0.3 is 14.6 Å². The molecule has 4 heteroatoms. The first-order valence-corrected chi connectivity index (χ1v) is 7.92. The highest BCUT2D eigenvalue weighted by Gasteiger charge is 2.42. The Hall–Kier alpha value is -3.01. The number of fused-ring (bicyclic) bond motifs is 3. The zero-order chi connectivity index (χ0) is 16.6. The largest absolute Gasteiger partial charge is 0.469 e.